The highest BCUT2D eigenvalue weighted by Crippen LogP contribution is 2.33. The lowest BCUT2D eigenvalue weighted by atomic mass is 10.0. The molecule has 0 bridgehead atoms. The molecular weight excluding hydrogens is 925 g/mol. The van der Waals surface area contributed by atoms with Crippen LogP contribution in [0.1, 0.15) is 55.7 Å². The summed E-state index contributed by atoms with van der Waals surface area (Å²) in [5, 5.41) is 15.0. The van der Waals surface area contributed by atoms with Crippen molar-refractivity contribution in [3.63, 3.8) is 0 Å². The van der Waals surface area contributed by atoms with E-state index in [2.05, 4.69) is 26.6 Å². The number of nitrogens with zero attached hydrogens (tertiary/aromatic N) is 1. The molecule has 19 nitrogen and oxygen atoms in total. The van der Waals surface area contributed by atoms with Crippen molar-refractivity contribution in [2.75, 3.05) is 104 Å². The number of nitrogens with one attached hydrogen (secondary N) is 5. The van der Waals surface area contributed by atoms with Gasteiger partial charge in [-0.2, -0.15) is 11.8 Å². The van der Waals surface area contributed by atoms with Crippen molar-refractivity contribution in [1.29, 1.82) is 0 Å². The van der Waals surface area contributed by atoms with E-state index in [4.69, 9.17) is 37.9 Å². The van der Waals surface area contributed by atoms with Crippen LogP contribution < -0.4 is 36.1 Å². The minimum Gasteiger partial charge on any atom is -0.497 e. The van der Waals surface area contributed by atoms with Crippen molar-refractivity contribution >= 4 is 47.3 Å². The average molecular weight is 993 g/mol. The predicted octanol–water partition coefficient (Wildman–Crippen LogP) is 4.60. The van der Waals surface area contributed by atoms with Gasteiger partial charge in [-0.1, -0.05) is 48.9 Å². The van der Waals surface area contributed by atoms with Crippen LogP contribution in [0.3, 0.4) is 0 Å². The number of carbonyl (C=O) groups is 5. The lowest BCUT2D eigenvalue weighted by molar-refractivity contribution is -0.129. The molecule has 20 heteroatoms. The highest BCUT2D eigenvalue weighted by Gasteiger charge is 2.42. The number of likely N-dealkylation sites (tertiary alicyclic amines) is 1. The number of ether oxygens (including phenoxy) is 8. The second kappa shape index (κ2) is 30.2. The van der Waals surface area contributed by atoms with Crippen molar-refractivity contribution in [3.05, 3.63) is 90.0 Å². The van der Waals surface area contributed by atoms with Crippen LogP contribution in [0.25, 0.3) is 0 Å². The van der Waals surface area contributed by atoms with E-state index in [9.17, 15) is 24.0 Å². The molecule has 0 saturated carbocycles. The Morgan fingerprint density at radius 2 is 1.40 bits per heavy atom. The molecule has 3 fully saturated rings. The fourth-order valence-electron chi connectivity index (χ4n) is 8.07. The summed E-state index contributed by atoms with van der Waals surface area (Å²) in [6.07, 6.45) is 3.72. The molecule has 3 saturated heterocycles. The standard InChI is InChI=1S/C50H68N6O13S/c1-62-39-19-15-38(16-20-39)52-48(59)45(54-47(58)42-10-7-22-56(42)50(61)69-34-36-8-3-2-4-9-36)37-13-17-40(18-14-37)68-33-32-67-31-30-66-29-28-65-27-26-64-25-24-63-23-21-51-44(57)12-6-5-11-43-46-41(35-70-43)53-49(60)55-46/h2-4,8-9,13-20,41-43,45-46H,5-7,10-12,21-35H2,1H3,(H,51,57)(H,52,59)(H,54,58)(H2,53,55,60)/t41-,42-,43-,45-,46-/m0/s1. The maximum atomic E-state index is 13.8. The Kier molecular flexibility index (Phi) is 23.2. The molecule has 3 aromatic rings. The molecule has 0 radical (unpaired) electrons. The van der Waals surface area contributed by atoms with Gasteiger partial charge in [0.2, 0.25) is 11.8 Å². The fourth-order valence-corrected chi connectivity index (χ4v) is 9.61. The number of hydrogen-bond donors (Lipinski definition) is 5. The first-order chi connectivity index (χ1) is 34.3. The second-order valence-electron chi connectivity index (χ2n) is 16.7. The van der Waals surface area contributed by atoms with Gasteiger partial charge in [-0.25, -0.2) is 9.59 Å². The molecule has 382 valence electrons. The number of unbranched alkanes of at least 4 members (excludes halogenated alkanes) is 1. The summed E-state index contributed by atoms with van der Waals surface area (Å²) in [4.78, 5) is 65.6. The third-order valence-electron chi connectivity index (χ3n) is 11.7. The molecule has 70 heavy (non-hydrogen) atoms. The zero-order valence-corrected chi connectivity index (χ0v) is 40.7. The van der Waals surface area contributed by atoms with Crippen LogP contribution >= 0.6 is 11.8 Å². The minimum absolute atomic E-state index is 0.0236. The molecule has 3 heterocycles. The summed E-state index contributed by atoms with van der Waals surface area (Å²) < 4.78 is 44.5. The second-order valence-corrected chi connectivity index (χ2v) is 18.0. The van der Waals surface area contributed by atoms with Gasteiger partial charge in [-0.15, -0.1) is 0 Å². The number of amides is 6. The zero-order valence-electron chi connectivity index (χ0n) is 39.9. The number of methoxy groups -OCH3 is 1. The number of thioether (sulfide) groups is 1. The van der Waals surface area contributed by atoms with Crippen molar-refractivity contribution in [2.45, 2.75) is 74.5 Å². The van der Waals surface area contributed by atoms with Crippen molar-refractivity contribution in [3.8, 4) is 11.5 Å². The van der Waals surface area contributed by atoms with Gasteiger partial charge >= 0.3 is 12.1 Å². The van der Waals surface area contributed by atoms with Crippen molar-refractivity contribution in [1.82, 2.24) is 26.2 Å². The van der Waals surface area contributed by atoms with E-state index in [1.165, 1.54) is 4.90 Å². The van der Waals surface area contributed by atoms with Gasteiger partial charge in [-0.05, 0) is 73.2 Å². The van der Waals surface area contributed by atoms with Gasteiger partial charge in [-0.3, -0.25) is 19.3 Å². The average Bonchev–Trinajstić information content (AvgIpc) is 4.12. The van der Waals surface area contributed by atoms with E-state index in [1.54, 1.807) is 55.6 Å². The maximum Gasteiger partial charge on any atom is 0.410 e. The number of urea groups is 1. The molecule has 5 N–H and O–H groups in total. The molecule has 6 rings (SSSR count). The van der Waals surface area contributed by atoms with Crippen molar-refractivity contribution in [2.24, 2.45) is 0 Å². The summed E-state index contributed by atoms with van der Waals surface area (Å²) >= 11 is 1.89. The van der Waals surface area contributed by atoms with Gasteiger partial charge in [0.25, 0.3) is 5.91 Å². The Hall–Kier alpha value is -5.64. The number of rotatable bonds is 32. The number of anilines is 1. The highest BCUT2D eigenvalue weighted by atomic mass is 32.2. The van der Waals surface area contributed by atoms with Gasteiger partial charge in [0.15, 0.2) is 0 Å². The van der Waals surface area contributed by atoms with Crippen LogP contribution in [0.2, 0.25) is 0 Å². The molecular formula is C50H68N6O13S. The number of fused-ring (bicyclic) bond motifs is 1. The van der Waals surface area contributed by atoms with Crippen LogP contribution in [0.4, 0.5) is 15.3 Å². The van der Waals surface area contributed by atoms with E-state index < -0.39 is 30.0 Å². The van der Waals surface area contributed by atoms with Gasteiger partial charge in [0, 0.05) is 36.2 Å². The lowest BCUT2D eigenvalue weighted by Gasteiger charge is -2.26. The number of benzene rings is 3. The minimum atomic E-state index is -1.08. The predicted molar refractivity (Wildman–Crippen MR) is 262 cm³/mol. The number of hydrogen-bond acceptors (Lipinski definition) is 14. The molecule has 0 aliphatic carbocycles. The first kappa shape index (κ1) is 53.7. The summed E-state index contributed by atoms with van der Waals surface area (Å²) in [6.45, 7) is 5.26. The Bertz CT molecular complexity index is 2050. The quantitative estimate of drug-likeness (QED) is 0.0427. The maximum absolute atomic E-state index is 13.8. The van der Waals surface area contributed by atoms with Crippen LogP contribution in [0.15, 0.2) is 78.9 Å². The van der Waals surface area contributed by atoms with Crippen molar-refractivity contribution < 1.29 is 61.9 Å². The monoisotopic (exact) mass is 992 g/mol. The van der Waals surface area contributed by atoms with Crippen LogP contribution in [-0.4, -0.2) is 157 Å². The Morgan fingerprint density at radius 3 is 2.07 bits per heavy atom. The molecule has 0 unspecified atom stereocenters. The molecule has 3 aliphatic rings. The summed E-state index contributed by atoms with van der Waals surface area (Å²) in [6, 6.07) is 21.5. The number of carbonyl (C=O) groups excluding carboxylic acids is 5. The molecule has 3 aromatic carbocycles. The van der Waals surface area contributed by atoms with E-state index in [0.717, 1.165) is 30.6 Å². The summed E-state index contributed by atoms with van der Waals surface area (Å²) in [7, 11) is 1.56. The molecule has 5 atom stereocenters. The normalized spacial score (nSPS) is 18.6. The highest BCUT2D eigenvalue weighted by molar-refractivity contribution is 8.00. The first-order valence-corrected chi connectivity index (χ1v) is 25.1. The Labute approximate surface area is 414 Å². The van der Waals surface area contributed by atoms with E-state index in [0.29, 0.717) is 126 Å². The van der Waals surface area contributed by atoms with Crippen LogP contribution in [-0.2, 0) is 49.4 Å². The van der Waals surface area contributed by atoms with Gasteiger partial charge < -0.3 is 64.5 Å². The van der Waals surface area contributed by atoms with Crippen LogP contribution in [0, 0.1) is 0 Å². The Morgan fingerprint density at radius 1 is 0.757 bits per heavy atom. The molecule has 0 spiro atoms. The smallest absolute Gasteiger partial charge is 0.410 e. The first-order valence-electron chi connectivity index (χ1n) is 24.1. The third kappa shape index (κ3) is 18.3. The summed E-state index contributed by atoms with van der Waals surface area (Å²) in [5.74, 6) is 1.22. The van der Waals surface area contributed by atoms with E-state index in [-0.39, 0.29) is 37.2 Å². The lowest BCUT2D eigenvalue weighted by Crippen LogP contribution is -2.48. The van der Waals surface area contributed by atoms with Gasteiger partial charge in [0.05, 0.1) is 85.3 Å². The Balaban J connectivity index is 0.771. The van der Waals surface area contributed by atoms with E-state index in [1.807, 2.05) is 42.1 Å². The molecule has 6 amide bonds. The van der Waals surface area contributed by atoms with E-state index >= 15 is 0 Å². The topological polar surface area (TPSA) is 223 Å². The zero-order chi connectivity index (χ0) is 49.2. The SMILES string of the molecule is COc1ccc(NC(=O)[C@@H](NC(=O)[C@@H]2CCCN2C(=O)OCc2ccccc2)c2ccc(OCCOCCOCCOCCOCCOCCNC(=O)CCCC[C@@H]3SC[C@@H]4NC(=O)N[C@@H]43)cc2)cc1. The fraction of sp³-hybridized carbons (Fsp3) is 0.540. The van der Waals surface area contributed by atoms with Crippen LogP contribution in [0.5, 0.6) is 11.5 Å². The molecule has 3 aliphatic heterocycles. The summed E-state index contributed by atoms with van der Waals surface area (Å²) in [5.41, 5.74) is 1.87. The third-order valence-corrected chi connectivity index (χ3v) is 13.3. The largest absolute Gasteiger partial charge is 0.497 e. The van der Waals surface area contributed by atoms with Gasteiger partial charge in [0.1, 0.15) is 36.8 Å². The molecule has 0 aromatic heterocycles.